The highest BCUT2D eigenvalue weighted by molar-refractivity contribution is 6.30. The van der Waals surface area contributed by atoms with E-state index in [1.54, 1.807) is 0 Å². The van der Waals surface area contributed by atoms with Crippen molar-refractivity contribution in [2.45, 2.75) is 69.7 Å². The van der Waals surface area contributed by atoms with Crippen LogP contribution < -0.4 is 0 Å². The first-order chi connectivity index (χ1) is 15.1. The fraction of sp³-hybridized carbons (Fsp3) is 0.591. The zero-order chi connectivity index (χ0) is 21.4. The third kappa shape index (κ3) is 4.29. The summed E-state index contributed by atoms with van der Waals surface area (Å²) in [5.74, 6) is 1.84. The van der Waals surface area contributed by atoms with E-state index in [4.69, 9.17) is 21.1 Å². The number of aromatic nitrogens is 3. The molecule has 5 rings (SSSR count). The fourth-order valence-corrected chi connectivity index (χ4v) is 5.16. The van der Waals surface area contributed by atoms with Crippen LogP contribution in [-0.2, 0) is 22.6 Å². The predicted octanol–water partition coefficient (Wildman–Crippen LogP) is 4.14. The molecule has 1 saturated heterocycles. The van der Waals surface area contributed by atoms with Gasteiger partial charge in [0.2, 0.25) is 0 Å². The zero-order valence-electron chi connectivity index (χ0n) is 17.4. The van der Waals surface area contributed by atoms with Crippen molar-refractivity contribution in [3.63, 3.8) is 0 Å². The second kappa shape index (κ2) is 8.76. The maximum atomic E-state index is 11.7. The van der Waals surface area contributed by atoms with Crippen LogP contribution >= 0.6 is 11.6 Å². The lowest BCUT2D eigenvalue weighted by Gasteiger charge is -2.32. The molecule has 0 spiro atoms. The predicted molar refractivity (Wildman–Crippen MR) is 114 cm³/mol. The minimum absolute atomic E-state index is 0.205. The zero-order valence-corrected chi connectivity index (χ0v) is 18.1. The molecule has 0 bridgehead atoms. The van der Waals surface area contributed by atoms with Crippen molar-refractivity contribution in [2.75, 3.05) is 13.2 Å². The van der Waals surface area contributed by atoms with Crippen LogP contribution in [0.1, 0.15) is 61.7 Å². The Morgan fingerprint density at radius 1 is 1.06 bits per heavy atom. The third-order valence-electron chi connectivity index (χ3n) is 6.59. The molecule has 2 fully saturated rings. The van der Waals surface area contributed by atoms with E-state index in [9.17, 15) is 9.90 Å². The van der Waals surface area contributed by atoms with E-state index < -0.39 is 6.09 Å². The first kappa shape index (κ1) is 20.7. The molecule has 2 aromatic rings. The fourth-order valence-electron chi connectivity index (χ4n) is 4.97. The van der Waals surface area contributed by atoms with Crippen molar-refractivity contribution in [2.24, 2.45) is 0 Å². The van der Waals surface area contributed by atoms with Gasteiger partial charge in [-0.1, -0.05) is 11.6 Å². The van der Waals surface area contributed by atoms with Gasteiger partial charge in [0.15, 0.2) is 5.82 Å². The van der Waals surface area contributed by atoms with Gasteiger partial charge >= 0.3 is 6.09 Å². The number of rotatable bonds is 3. The van der Waals surface area contributed by atoms with Crippen molar-refractivity contribution >= 4 is 17.7 Å². The molecular weight excluding hydrogens is 420 g/mol. The van der Waals surface area contributed by atoms with Gasteiger partial charge in [0.05, 0.1) is 31.0 Å². The number of amides is 1. The molecule has 0 atom stereocenters. The minimum atomic E-state index is -0.977. The Bertz CT molecular complexity index is 951. The highest BCUT2D eigenvalue weighted by Gasteiger charge is 2.32. The molecule has 1 aromatic carbocycles. The number of fused-ring (bicyclic) bond motifs is 3. The lowest BCUT2D eigenvalue weighted by Crippen LogP contribution is -2.31. The van der Waals surface area contributed by atoms with Gasteiger partial charge in [0.1, 0.15) is 5.82 Å². The van der Waals surface area contributed by atoms with Crippen LogP contribution in [-0.4, -0.2) is 56.3 Å². The molecule has 9 heteroatoms. The lowest BCUT2D eigenvalue weighted by molar-refractivity contribution is -0.0796. The van der Waals surface area contributed by atoms with E-state index in [0.717, 1.165) is 68.8 Å². The average molecular weight is 447 g/mol. The number of hydrogen-bond donors (Lipinski definition) is 1. The van der Waals surface area contributed by atoms with Crippen LogP contribution in [0.25, 0.3) is 5.69 Å². The first-order valence-corrected chi connectivity index (χ1v) is 11.4. The summed E-state index contributed by atoms with van der Waals surface area (Å²) in [5, 5.41) is 19.1. The number of benzene rings is 1. The van der Waals surface area contributed by atoms with Crippen molar-refractivity contribution in [1.82, 2.24) is 19.7 Å². The standard InChI is InChI=1S/C22H27ClN4O4/c23-16-3-6-19-15(11-16)12-26(22(28)29)13-20-24-25-21(27(19)20)14-1-4-17(5-2-14)31-18-7-9-30-10-8-18/h3,6,11,14,17-18H,1-2,4-5,7-10,12-13H2,(H,28,29)/t14-,17+. The maximum Gasteiger partial charge on any atom is 0.408 e. The summed E-state index contributed by atoms with van der Waals surface area (Å²) in [6.07, 6.45) is 5.56. The van der Waals surface area contributed by atoms with Gasteiger partial charge in [-0.05, 0) is 62.3 Å². The number of nitrogens with zero attached hydrogens (tertiary/aromatic N) is 4. The SMILES string of the molecule is O=C(O)N1Cc2cc(Cl)ccc2-n2c(nnc2[C@H]2CC[C@@H](OC3CCOCC3)CC2)C1. The van der Waals surface area contributed by atoms with E-state index in [-0.39, 0.29) is 19.0 Å². The molecule has 3 aliphatic rings. The maximum absolute atomic E-state index is 11.7. The van der Waals surface area contributed by atoms with E-state index in [2.05, 4.69) is 14.8 Å². The highest BCUT2D eigenvalue weighted by Crippen LogP contribution is 2.37. The first-order valence-electron chi connectivity index (χ1n) is 11.0. The van der Waals surface area contributed by atoms with E-state index in [0.29, 0.717) is 23.1 Å². The molecule has 1 aromatic heterocycles. The molecule has 3 heterocycles. The molecule has 8 nitrogen and oxygen atoms in total. The van der Waals surface area contributed by atoms with Gasteiger partial charge in [-0.25, -0.2) is 4.79 Å². The van der Waals surface area contributed by atoms with Gasteiger partial charge < -0.3 is 14.6 Å². The monoisotopic (exact) mass is 446 g/mol. The summed E-state index contributed by atoms with van der Waals surface area (Å²) in [6.45, 7) is 2.07. The van der Waals surface area contributed by atoms with Gasteiger partial charge in [-0.3, -0.25) is 9.47 Å². The van der Waals surface area contributed by atoms with Gasteiger partial charge in [-0.15, -0.1) is 10.2 Å². The molecular formula is C22H27ClN4O4. The summed E-state index contributed by atoms with van der Waals surface area (Å²) < 4.78 is 13.8. The van der Waals surface area contributed by atoms with E-state index >= 15 is 0 Å². The van der Waals surface area contributed by atoms with Crippen LogP contribution in [0, 0.1) is 0 Å². The normalized spacial score (nSPS) is 24.4. The number of hydrogen-bond acceptors (Lipinski definition) is 5. The Morgan fingerprint density at radius 2 is 1.81 bits per heavy atom. The van der Waals surface area contributed by atoms with Crippen molar-refractivity contribution in [1.29, 1.82) is 0 Å². The Labute approximate surface area is 186 Å². The third-order valence-corrected chi connectivity index (χ3v) is 6.83. The van der Waals surface area contributed by atoms with Crippen molar-refractivity contribution < 1.29 is 19.4 Å². The largest absolute Gasteiger partial charge is 0.465 e. The Kier molecular flexibility index (Phi) is 5.86. The lowest BCUT2D eigenvalue weighted by atomic mass is 9.86. The van der Waals surface area contributed by atoms with Crippen LogP contribution in [0.2, 0.25) is 5.02 Å². The van der Waals surface area contributed by atoms with Crippen molar-refractivity contribution in [3.05, 3.63) is 40.4 Å². The second-order valence-electron chi connectivity index (χ2n) is 8.64. The summed E-state index contributed by atoms with van der Waals surface area (Å²) in [5.41, 5.74) is 1.79. The van der Waals surface area contributed by atoms with Crippen LogP contribution in [0.15, 0.2) is 18.2 Å². The summed E-state index contributed by atoms with van der Waals surface area (Å²) in [7, 11) is 0. The van der Waals surface area contributed by atoms with Gasteiger partial charge in [-0.2, -0.15) is 0 Å². The molecule has 166 valence electrons. The molecule has 1 aliphatic carbocycles. The highest BCUT2D eigenvalue weighted by atomic mass is 35.5. The molecule has 31 heavy (non-hydrogen) atoms. The number of carbonyl (C=O) groups is 1. The Hall–Kier alpha value is -2.16. The van der Waals surface area contributed by atoms with E-state index in [1.807, 2.05) is 18.2 Å². The second-order valence-corrected chi connectivity index (χ2v) is 9.08. The van der Waals surface area contributed by atoms with Crippen molar-refractivity contribution in [3.8, 4) is 5.69 Å². The molecule has 1 amide bonds. The Morgan fingerprint density at radius 3 is 2.55 bits per heavy atom. The number of halogens is 1. The molecule has 1 N–H and O–H groups in total. The minimum Gasteiger partial charge on any atom is -0.465 e. The van der Waals surface area contributed by atoms with Crippen LogP contribution in [0.3, 0.4) is 0 Å². The molecule has 2 aliphatic heterocycles. The molecule has 0 radical (unpaired) electrons. The van der Waals surface area contributed by atoms with Gasteiger partial charge in [0.25, 0.3) is 0 Å². The molecule has 1 saturated carbocycles. The topological polar surface area (TPSA) is 89.7 Å². The van der Waals surface area contributed by atoms with E-state index in [1.165, 1.54) is 4.90 Å². The average Bonchev–Trinajstić information content (AvgIpc) is 3.10. The number of ether oxygens (including phenoxy) is 2. The summed E-state index contributed by atoms with van der Waals surface area (Å²) in [4.78, 5) is 13.1. The summed E-state index contributed by atoms with van der Waals surface area (Å²) in [6, 6.07) is 5.62. The summed E-state index contributed by atoms with van der Waals surface area (Å²) >= 11 is 6.21. The van der Waals surface area contributed by atoms with Gasteiger partial charge in [0, 0.05) is 24.2 Å². The quantitative estimate of drug-likeness (QED) is 0.762. The van der Waals surface area contributed by atoms with Crippen LogP contribution in [0.4, 0.5) is 4.79 Å². The number of carboxylic acid groups (broad SMARTS) is 1. The Balaban J connectivity index is 1.37. The smallest absolute Gasteiger partial charge is 0.408 e. The van der Waals surface area contributed by atoms with Crippen LogP contribution in [0.5, 0.6) is 0 Å². The molecule has 0 unspecified atom stereocenters.